The molecule has 0 radical (unpaired) electrons. The molecule has 2 aromatic rings. The molecule has 158 valence electrons. The summed E-state index contributed by atoms with van der Waals surface area (Å²) in [6.45, 7) is 9.57. The van der Waals surface area contributed by atoms with Gasteiger partial charge in [-0.2, -0.15) is 0 Å². The van der Waals surface area contributed by atoms with E-state index >= 15 is 0 Å². The Kier molecular flexibility index (Phi) is 3.55. The summed E-state index contributed by atoms with van der Waals surface area (Å²) >= 11 is 0. The van der Waals surface area contributed by atoms with Gasteiger partial charge in [-0.05, 0) is 46.9 Å². The van der Waals surface area contributed by atoms with Gasteiger partial charge in [0.05, 0.1) is 11.8 Å². The van der Waals surface area contributed by atoms with Gasteiger partial charge in [-0.1, -0.05) is 81.0 Å². The van der Waals surface area contributed by atoms with E-state index in [9.17, 15) is 0 Å². The molecule has 0 aromatic heterocycles. The van der Waals surface area contributed by atoms with E-state index in [1.54, 1.807) is 0 Å². The highest BCUT2D eigenvalue weighted by molar-refractivity contribution is 6.95. The lowest BCUT2D eigenvalue weighted by Gasteiger charge is -2.54. The van der Waals surface area contributed by atoms with Crippen molar-refractivity contribution in [3.8, 4) is 5.75 Å². The number of anilines is 2. The molecule has 2 aromatic carbocycles. The smallest absolute Gasteiger partial charge is 0.255 e. The molecule has 0 saturated heterocycles. The van der Waals surface area contributed by atoms with Gasteiger partial charge in [-0.3, -0.25) is 0 Å². The van der Waals surface area contributed by atoms with Gasteiger partial charge in [-0.25, -0.2) is 0 Å². The van der Waals surface area contributed by atoms with Gasteiger partial charge in [0.1, 0.15) is 5.75 Å². The first-order chi connectivity index (χ1) is 15.4. The number of allylic oxidation sites excluding steroid dienone is 6. The Bertz CT molecular complexity index is 1310. The molecule has 3 heteroatoms. The van der Waals surface area contributed by atoms with Crippen molar-refractivity contribution in [1.29, 1.82) is 0 Å². The summed E-state index contributed by atoms with van der Waals surface area (Å²) in [7, 11) is 0. The van der Waals surface area contributed by atoms with Crippen LogP contribution in [0.15, 0.2) is 78.0 Å². The van der Waals surface area contributed by atoms with Crippen LogP contribution in [0.5, 0.6) is 5.75 Å². The Labute approximate surface area is 191 Å². The second-order valence-electron chi connectivity index (χ2n) is 10.8. The molecule has 0 spiro atoms. The first-order valence-corrected chi connectivity index (χ1v) is 12.0. The van der Waals surface area contributed by atoms with E-state index in [-0.39, 0.29) is 12.1 Å². The van der Waals surface area contributed by atoms with Crippen LogP contribution in [-0.2, 0) is 5.41 Å². The number of ether oxygens (including phenoxy) is 1. The average Bonchev–Trinajstić information content (AvgIpc) is 2.78. The van der Waals surface area contributed by atoms with Crippen molar-refractivity contribution in [2.24, 2.45) is 11.8 Å². The maximum atomic E-state index is 6.64. The van der Waals surface area contributed by atoms with Gasteiger partial charge in [0.15, 0.2) is 0 Å². The van der Waals surface area contributed by atoms with Crippen LogP contribution in [0.1, 0.15) is 38.3 Å². The highest BCUT2D eigenvalue weighted by Crippen LogP contribution is 2.53. The fraction of sp³-hybridized carbons (Fsp3) is 0.310. The van der Waals surface area contributed by atoms with Gasteiger partial charge in [0.25, 0.3) is 6.71 Å². The molecule has 5 aliphatic rings. The van der Waals surface area contributed by atoms with Gasteiger partial charge in [0.2, 0.25) is 0 Å². The van der Waals surface area contributed by atoms with Crippen molar-refractivity contribution in [1.82, 2.24) is 0 Å². The molecule has 0 amide bonds. The van der Waals surface area contributed by atoms with E-state index in [0.29, 0.717) is 17.9 Å². The number of hydrogen-bond donors (Lipinski definition) is 0. The predicted octanol–water partition coefficient (Wildman–Crippen LogP) is 5.24. The van der Waals surface area contributed by atoms with E-state index in [2.05, 4.69) is 99.4 Å². The second kappa shape index (κ2) is 6.10. The minimum absolute atomic E-state index is 0.0467. The molecule has 0 N–H and O–H groups in total. The number of rotatable bonds is 0. The number of nitrogens with zero attached hydrogens (tertiary/aromatic N) is 1. The van der Waals surface area contributed by atoms with Crippen molar-refractivity contribution in [2.75, 3.05) is 4.90 Å². The SMILES string of the molecule is Cc1ccc2c(c1)B1C3=C(CC(C)C=C3)Oc3ccc4c(c31)N2C1C=CC=CC1C4(C)C. The van der Waals surface area contributed by atoms with Gasteiger partial charge < -0.3 is 9.64 Å². The Balaban J connectivity index is 1.58. The zero-order chi connectivity index (χ0) is 21.8. The lowest BCUT2D eigenvalue weighted by molar-refractivity contribution is 0.331. The molecular weight excluding hydrogens is 389 g/mol. The molecule has 0 saturated carbocycles. The van der Waals surface area contributed by atoms with Crippen LogP contribution in [0.2, 0.25) is 0 Å². The summed E-state index contributed by atoms with van der Waals surface area (Å²) in [4.78, 5) is 2.62. The lowest BCUT2D eigenvalue weighted by Crippen LogP contribution is -2.61. The number of aryl methyl sites for hydroxylation is 1. The normalized spacial score (nSPS) is 27.4. The second-order valence-corrected chi connectivity index (χ2v) is 10.8. The van der Waals surface area contributed by atoms with Crippen LogP contribution in [0.25, 0.3) is 0 Å². The summed E-state index contributed by atoms with van der Waals surface area (Å²) in [5.41, 5.74) is 9.70. The Morgan fingerprint density at radius 3 is 2.78 bits per heavy atom. The van der Waals surface area contributed by atoms with Crippen LogP contribution in [0.4, 0.5) is 11.4 Å². The van der Waals surface area contributed by atoms with E-state index in [4.69, 9.17) is 4.74 Å². The molecule has 2 nitrogen and oxygen atoms in total. The van der Waals surface area contributed by atoms with Gasteiger partial charge in [-0.15, -0.1) is 0 Å². The van der Waals surface area contributed by atoms with Crippen molar-refractivity contribution in [3.63, 3.8) is 0 Å². The number of hydrogen-bond acceptors (Lipinski definition) is 2. The van der Waals surface area contributed by atoms with Gasteiger partial charge >= 0.3 is 0 Å². The molecule has 0 bridgehead atoms. The van der Waals surface area contributed by atoms with Crippen molar-refractivity contribution >= 4 is 29.0 Å². The Morgan fingerprint density at radius 1 is 1.06 bits per heavy atom. The third-order valence-corrected chi connectivity index (χ3v) is 8.37. The van der Waals surface area contributed by atoms with Crippen LogP contribution in [0.3, 0.4) is 0 Å². The molecule has 7 rings (SSSR count). The molecule has 2 aliphatic carbocycles. The molecular formula is C29H28BNO. The van der Waals surface area contributed by atoms with E-state index < -0.39 is 0 Å². The summed E-state index contributed by atoms with van der Waals surface area (Å²) < 4.78 is 6.64. The van der Waals surface area contributed by atoms with E-state index in [0.717, 1.165) is 17.9 Å². The standard InChI is InChI=1S/C29H28BNO/c1-17-10-13-24-22(15-17)30-21-12-9-18(2)16-26(21)32-25-14-11-20-28(27(25)30)31(24)23-8-6-5-7-19(23)29(20,3)4/h5-15,18-19,23H,16H2,1-4H3. The Hall–Kier alpha value is -2.94. The zero-order valence-electron chi connectivity index (χ0n) is 19.2. The van der Waals surface area contributed by atoms with E-state index in [1.165, 1.54) is 38.9 Å². The highest BCUT2D eigenvalue weighted by Gasteiger charge is 2.52. The third kappa shape index (κ3) is 2.22. The molecule has 0 fully saturated rings. The van der Waals surface area contributed by atoms with Crippen LogP contribution in [0, 0.1) is 18.8 Å². The topological polar surface area (TPSA) is 12.5 Å². The van der Waals surface area contributed by atoms with Crippen molar-refractivity contribution < 1.29 is 4.74 Å². The van der Waals surface area contributed by atoms with Crippen LogP contribution >= 0.6 is 0 Å². The van der Waals surface area contributed by atoms with Crippen molar-refractivity contribution in [2.45, 2.75) is 45.6 Å². The van der Waals surface area contributed by atoms with E-state index in [1.807, 2.05) is 0 Å². The fourth-order valence-electron chi connectivity index (χ4n) is 6.79. The summed E-state index contributed by atoms with van der Waals surface area (Å²) in [6, 6.07) is 12.0. The summed E-state index contributed by atoms with van der Waals surface area (Å²) in [5, 5.41) is 0. The molecule has 32 heavy (non-hydrogen) atoms. The largest absolute Gasteiger partial charge is 0.463 e. The Morgan fingerprint density at radius 2 is 1.91 bits per heavy atom. The van der Waals surface area contributed by atoms with Crippen molar-refractivity contribution in [3.05, 3.63) is 89.1 Å². The van der Waals surface area contributed by atoms with Gasteiger partial charge in [0, 0.05) is 29.1 Å². The zero-order valence-corrected chi connectivity index (χ0v) is 19.2. The minimum Gasteiger partial charge on any atom is -0.463 e. The van der Waals surface area contributed by atoms with Crippen LogP contribution in [-0.4, -0.2) is 12.8 Å². The first kappa shape index (κ1) is 18.6. The first-order valence-electron chi connectivity index (χ1n) is 12.0. The molecule has 3 atom stereocenters. The summed E-state index contributed by atoms with van der Waals surface area (Å²) in [5.74, 6) is 3.16. The third-order valence-electron chi connectivity index (χ3n) is 8.37. The van der Waals surface area contributed by atoms with Crippen LogP contribution < -0.4 is 20.6 Å². The maximum absolute atomic E-state index is 6.64. The number of benzene rings is 2. The maximum Gasteiger partial charge on any atom is 0.255 e. The fourth-order valence-corrected chi connectivity index (χ4v) is 6.79. The monoisotopic (exact) mass is 417 g/mol. The average molecular weight is 417 g/mol. The minimum atomic E-state index is 0.0467. The molecule has 3 unspecified atom stereocenters. The quantitative estimate of drug-likeness (QED) is 0.544. The molecule has 3 heterocycles. The number of fused-ring (bicyclic) bond motifs is 6. The lowest BCUT2D eigenvalue weighted by atomic mass is 9.32. The molecule has 3 aliphatic heterocycles. The predicted molar refractivity (Wildman–Crippen MR) is 134 cm³/mol. The highest BCUT2D eigenvalue weighted by atomic mass is 16.5. The summed E-state index contributed by atoms with van der Waals surface area (Å²) in [6.07, 6.45) is 14.9.